The molecule has 0 aliphatic carbocycles. The zero-order valence-electron chi connectivity index (χ0n) is 12.5. The van der Waals surface area contributed by atoms with Crippen LogP contribution in [0.5, 0.6) is 0 Å². The molecule has 2 saturated heterocycles. The van der Waals surface area contributed by atoms with Gasteiger partial charge in [-0.3, -0.25) is 0 Å². The number of nitrogens with one attached hydrogen (secondary N) is 1. The van der Waals surface area contributed by atoms with Crippen LogP contribution in [-0.2, 0) is 0 Å². The molecule has 2 heterocycles. The van der Waals surface area contributed by atoms with E-state index >= 15 is 0 Å². The fraction of sp³-hybridized carbons (Fsp3) is 0.625. The Morgan fingerprint density at radius 3 is 2.33 bits per heavy atom. The second-order valence-corrected chi connectivity index (χ2v) is 6.27. The van der Waals surface area contributed by atoms with Gasteiger partial charge >= 0.3 is 0 Å². The van der Waals surface area contributed by atoms with Gasteiger partial charge in [0, 0.05) is 43.5 Å². The number of benzene rings is 1. The van der Waals surface area contributed by atoms with E-state index in [2.05, 4.69) is 22.2 Å². The molecule has 0 bridgehead atoms. The maximum atomic E-state index is 13.3. The summed E-state index contributed by atoms with van der Waals surface area (Å²) in [6.07, 6.45) is 3.33. The smallest absolute Gasteiger partial charge is 0.160 e. The van der Waals surface area contributed by atoms with Gasteiger partial charge in [-0.2, -0.15) is 0 Å². The summed E-state index contributed by atoms with van der Waals surface area (Å²) in [6, 6.07) is 5.33. The first-order valence-electron chi connectivity index (χ1n) is 7.76. The van der Waals surface area contributed by atoms with Gasteiger partial charge in [-0.25, -0.2) is 8.78 Å². The minimum atomic E-state index is -0.777. The molecule has 0 spiro atoms. The largest absolute Gasteiger partial charge is 0.371 e. The zero-order chi connectivity index (χ0) is 14.8. The molecule has 116 valence electrons. The molecule has 0 saturated carbocycles. The summed E-state index contributed by atoms with van der Waals surface area (Å²) < 4.78 is 26.3. The summed E-state index contributed by atoms with van der Waals surface area (Å²) in [5, 5.41) is 3.74. The fourth-order valence-electron chi connectivity index (χ4n) is 3.39. The molecule has 0 amide bonds. The Morgan fingerprint density at radius 1 is 1.00 bits per heavy atom. The molecule has 2 aliphatic heterocycles. The molecule has 3 nitrogen and oxygen atoms in total. The number of hydrogen-bond acceptors (Lipinski definition) is 3. The second kappa shape index (κ2) is 6.28. The van der Waals surface area contributed by atoms with Crippen molar-refractivity contribution in [1.29, 1.82) is 0 Å². The molecule has 0 unspecified atom stereocenters. The van der Waals surface area contributed by atoms with Crippen LogP contribution in [-0.4, -0.2) is 50.2 Å². The third-order valence-corrected chi connectivity index (χ3v) is 4.63. The number of hydrogen-bond donors (Lipinski definition) is 1. The van der Waals surface area contributed by atoms with E-state index in [4.69, 9.17) is 0 Å². The predicted molar refractivity (Wildman–Crippen MR) is 80.6 cm³/mol. The van der Waals surface area contributed by atoms with Crippen LogP contribution in [0.4, 0.5) is 14.5 Å². The molecule has 1 aromatic rings. The number of anilines is 1. The second-order valence-electron chi connectivity index (χ2n) is 6.27. The SMILES string of the molecule is CN1CC[C@H](NC2CCN(c3ccc(F)c(F)c3)CC2)C1. The van der Waals surface area contributed by atoms with Crippen LogP contribution in [0.15, 0.2) is 18.2 Å². The molecule has 0 aromatic heterocycles. The van der Waals surface area contributed by atoms with Crippen LogP contribution < -0.4 is 10.2 Å². The van der Waals surface area contributed by atoms with Crippen LogP contribution >= 0.6 is 0 Å². The molecular weight excluding hydrogens is 272 g/mol. The van der Waals surface area contributed by atoms with E-state index in [0.717, 1.165) is 38.2 Å². The Kier molecular flexibility index (Phi) is 4.40. The molecular formula is C16H23F2N3. The first kappa shape index (κ1) is 14.7. The molecule has 3 rings (SSSR count). The van der Waals surface area contributed by atoms with E-state index in [-0.39, 0.29) is 0 Å². The van der Waals surface area contributed by atoms with Crippen molar-refractivity contribution >= 4 is 5.69 Å². The minimum Gasteiger partial charge on any atom is -0.371 e. The van der Waals surface area contributed by atoms with Crippen molar-refractivity contribution in [3.63, 3.8) is 0 Å². The quantitative estimate of drug-likeness (QED) is 0.922. The predicted octanol–water partition coefficient (Wildman–Crippen LogP) is 2.23. The van der Waals surface area contributed by atoms with Gasteiger partial charge < -0.3 is 15.1 Å². The number of piperidine rings is 1. The minimum absolute atomic E-state index is 0.544. The van der Waals surface area contributed by atoms with Gasteiger partial charge in [0.2, 0.25) is 0 Å². The van der Waals surface area contributed by atoms with Crippen molar-refractivity contribution in [1.82, 2.24) is 10.2 Å². The van der Waals surface area contributed by atoms with Gasteiger partial charge in [-0.1, -0.05) is 0 Å². The highest BCUT2D eigenvalue weighted by atomic mass is 19.2. The van der Waals surface area contributed by atoms with Crippen molar-refractivity contribution in [2.45, 2.75) is 31.3 Å². The van der Waals surface area contributed by atoms with E-state index < -0.39 is 11.6 Å². The van der Waals surface area contributed by atoms with Crippen LogP contribution in [0.2, 0.25) is 0 Å². The maximum absolute atomic E-state index is 13.3. The topological polar surface area (TPSA) is 18.5 Å². The molecule has 1 N–H and O–H groups in total. The number of likely N-dealkylation sites (N-methyl/N-ethyl adjacent to an activating group) is 1. The summed E-state index contributed by atoms with van der Waals surface area (Å²) in [4.78, 5) is 4.50. The summed E-state index contributed by atoms with van der Waals surface area (Å²) in [7, 11) is 2.16. The van der Waals surface area contributed by atoms with Gasteiger partial charge in [0.25, 0.3) is 0 Å². The van der Waals surface area contributed by atoms with Crippen molar-refractivity contribution in [2.75, 3.05) is 38.1 Å². The van der Waals surface area contributed by atoms with Crippen LogP contribution in [0.25, 0.3) is 0 Å². The molecule has 1 aromatic carbocycles. The highest BCUT2D eigenvalue weighted by Gasteiger charge is 2.25. The third-order valence-electron chi connectivity index (χ3n) is 4.63. The van der Waals surface area contributed by atoms with E-state index in [0.29, 0.717) is 12.1 Å². The lowest BCUT2D eigenvalue weighted by Crippen LogP contribution is -2.47. The lowest BCUT2D eigenvalue weighted by molar-refractivity contribution is 0.350. The summed E-state index contributed by atoms with van der Waals surface area (Å²) in [5.41, 5.74) is 0.785. The Balaban J connectivity index is 1.51. The summed E-state index contributed by atoms with van der Waals surface area (Å²) >= 11 is 0. The molecule has 0 radical (unpaired) electrons. The summed E-state index contributed by atoms with van der Waals surface area (Å²) in [6.45, 7) is 4.09. The van der Waals surface area contributed by atoms with Crippen molar-refractivity contribution in [3.8, 4) is 0 Å². The van der Waals surface area contributed by atoms with Crippen molar-refractivity contribution < 1.29 is 8.78 Å². The molecule has 1 atom stereocenters. The van der Waals surface area contributed by atoms with Gasteiger partial charge in [0.15, 0.2) is 11.6 Å². The Bertz CT molecular complexity index is 486. The van der Waals surface area contributed by atoms with Gasteiger partial charge in [-0.15, -0.1) is 0 Å². The van der Waals surface area contributed by atoms with E-state index in [1.165, 1.54) is 25.1 Å². The Hall–Kier alpha value is -1.20. The normalized spacial score (nSPS) is 24.7. The zero-order valence-corrected chi connectivity index (χ0v) is 12.5. The fourth-order valence-corrected chi connectivity index (χ4v) is 3.39. The van der Waals surface area contributed by atoms with Gasteiger partial charge in [-0.05, 0) is 45.0 Å². The summed E-state index contributed by atoms with van der Waals surface area (Å²) in [5.74, 6) is -1.54. The van der Waals surface area contributed by atoms with Crippen molar-refractivity contribution in [2.24, 2.45) is 0 Å². The van der Waals surface area contributed by atoms with E-state index in [1.807, 2.05) is 0 Å². The third kappa shape index (κ3) is 3.52. The average molecular weight is 295 g/mol. The van der Waals surface area contributed by atoms with Crippen LogP contribution in [0.3, 0.4) is 0 Å². The highest BCUT2D eigenvalue weighted by molar-refractivity contribution is 5.47. The first-order valence-corrected chi connectivity index (χ1v) is 7.76. The number of likely N-dealkylation sites (tertiary alicyclic amines) is 1. The Labute approximate surface area is 124 Å². The molecule has 2 aliphatic rings. The Morgan fingerprint density at radius 2 is 1.71 bits per heavy atom. The number of rotatable bonds is 3. The van der Waals surface area contributed by atoms with E-state index in [9.17, 15) is 8.78 Å². The van der Waals surface area contributed by atoms with E-state index in [1.54, 1.807) is 6.07 Å². The molecule has 21 heavy (non-hydrogen) atoms. The maximum Gasteiger partial charge on any atom is 0.160 e. The standard InChI is InChI=1S/C16H23F2N3/c1-20-7-4-13(11-20)19-12-5-8-21(9-6-12)14-2-3-15(17)16(18)10-14/h2-3,10,12-13,19H,4-9,11H2,1H3/t13-/m0/s1. The van der Waals surface area contributed by atoms with Crippen LogP contribution in [0.1, 0.15) is 19.3 Å². The van der Waals surface area contributed by atoms with Gasteiger partial charge in [0.1, 0.15) is 0 Å². The van der Waals surface area contributed by atoms with Crippen LogP contribution in [0, 0.1) is 11.6 Å². The highest BCUT2D eigenvalue weighted by Crippen LogP contribution is 2.22. The van der Waals surface area contributed by atoms with Crippen molar-refractivity contribution in [3.05, 3.63) is 29.8 Å². The van der Waals surface area contributed by atoms with Gasteiger partial charge in [0.05, 0.1) is 0 Å². The number of halogens is 2. The average Bonchev–Trinajstić information content (AvgIpc) is 2.88. The first-order chi connectivity index (χ1) is 10.1. The monoisotopic (exact) mass is 295 g/mol. The number of nitrogens with zero attached hydrogens (tertiary/aromatic N) is 2. The molecule has 2 fully saturated rings. The lowest BCUT2D eigenvalue weighted by Gasteiger charge is -2.35. The molecule has 5 heteroatoms. The lowest BCUT2D eigenvalue weighted by atomic mass is 10.0.